The van der Waals surface area contributed by atoms with Gasteiger partial charge in [-0.15, -0.1) is 0 Å². The number of ether oxygens (including phenoxy) is 2. The number of benzene rings is 1. The lowest BCUT2D eigenvalue weighted by atomic mass is 9.86. The summed E-state index contributed by atoms with van der Waals surface area (Å²) in [6, 6.07) is 5.68. The largest absolute Gasteiger partial charge is 0.530 e. The minimum absolute atomic E-state index is 0.115. The van der Waals surface area contributed by atoms with Crippen molar-refractivity contribution in [2.24, 2.45) is 0 Å². The molecule has 1 aliphatic heterocycles. The second kappa shape index (κ2) is 7.96. The fourth-order valence-corrected chi connectivity index (χ4v) is 3.97. The molecule has 32 heavy (non-hydrogen) atoms. The van der Waals surface area contributed by atoms with E-state index in [1.165, 1.54) is 26.2 Å². The zero-order valence-corrected chi connectivity index (χ0v) is 19.5. The highest BCUT2D eigenvalue weighted by atomic mass is 16.5. The standard InChI is InChI=1S/C23H30N4O5/c1-21(2,3)27(20(29)30)23(6,7)18(28)26-14-11-24-19(25-12-14)32-16-10-8-9-15-17(16)22(4,5)13-31-15/h8-12H,13H2,1-7H3,(H,26,28)(H,29,30)/p-1. The number of carbonyl (C=O) groups is 2. The van der Waals surface area contributed by atoms with Crippen LogP contribution in [-0.4, -0.2) is 44.6 Å². The van der Waals surface area contributed by atoms with Crippen molar-refractivity contribution in [3.63, 3.8) is 0 Å². The molecule has 1 aromatic heterocycles. The molecule has 0 saturated carbocycles. The van der Waals surface area contributed by atoms with E-state index in [0.717, 1.165) is 16.2 Å². The number of fused-ring (bicyclic) bond motifs is 1. The van der Waals surface area contributed by atoms with Gasteiger partial charge in [-0.3, -0.25) is 4.79 Å². The van der Waals surface area contributed by atoms with Gasteiger partial charge in [0.2, 0.25) is 5.91 Å². The zero-order valence-electron chi connectivity index (χ0n) is 19.5. The number of nitrogens with one attached hydrogen (secondary N) is 1. The molecule has 9 heteroatoms. The second-order valence-electron chi connectivity index (χ2n) is 9.94. The highest BCUT2D eigenvalue weighted by Crippen LogP contribution is 2.44. The number of amides is 2. The van der Waals surface area contributed by atoms with Gasteiger partial charge in [0.05, 0.1) is 24.7 Å². The second-order valence-corrected chi connectivity index (χ2v) is 9.94. The van der Waals surface area contributed by atoms with Crippen LogP contribution in [0.25, 0.3) is 0 Å². The Morgan fingerprint density at radius 2 is 1.78 bits per heavy atom. The van der Waals surface area contributed by atoms with Gasteiger partial charge in [-0.1, -0.05) is 19.9 Å². The first-order valence-corrected chi connectivity index (χ1v) is 10.3. The SMILES string of the molecule is CC1(C)COc2cccc(Oc3ncc(NC(=O)C(C)(C)N(C(=O)[O-])C(C)(C)C)cn3)c21. The van der Waals surface area contributed by atoms with Crippen LogP contribution < -0.4 is 19.9 Å². The molecule has 2 amide bonds. The molecule has 0 atom stereocenters. The van der Waals surface area contributed by atoms with Crippen molar-refractivity contribution in [3.8, 4) is 17.5 Å². The summed E-state index contributed by atoms with van der Waals surface area (Å²) in [7, 11) is 0. The van der Waals surface area contributed by atoms with Crippen LogP contribution in [0.15, 0.2) is 30.6 Å². The van der Waals surface area contributed by atoms with Gasteiger partial charge in [-0.05, 0) is 46.8 Å². The maximum Gasteiger partial charge on any atom is 0.322 e. The van der Waals surface area contributed by atoms with Gasteiger partial charge in [0, 0.05) is 16.5 Å². The smallest absolute Gasteiger partial charge is 0.322 e. The van der Waals surface area contributed by atoms with Crippen LogP contribution in [0, 0.1) is 0 Å². The Kier molecular flexibility index (Phi) is 5.80. The average Bonchev–Trinajstić information content (AvgIpc) is 2.97. The summed E-state index contributed by atoms with van der Waals surface area (Å²) in [4.78, 5) is 33.9. The van der Waals surface area contributed by atoms with Crippen molar-refractivity contribution in [2.75, 3.05) is 11.9 Å². The number of hydrogen-bond acceptors (Lipinski definition) is 7. The fraction of sp³-hybridized carbons (Fsp3) is 0.478. The molecule has 3 rings (SSSR count). The van der Waals surface area contributed by atoms with Gasteiger partial charge in [0.1, 0.15) is 23.1 Å². The van der Waals surface area contributed by atoms with E-state index in [9.17, 15) is 14.7 Å². The average molecular weight is 442 g/mol. The fourth-order valence-electron chi connectivity index (χ4n) is 3.97. The lowest BCUT2D eigenvalue weighted by Gasteiger charge is -2.47. The van der Waals surface area contributed by atoms with E-state index < -0.39 is 23.1 Å². The first kappa shape index (κ1) is 23.3. The Morgan fingerprint density at radius 3 is 2.34 bits per heavy atom. The maximum atomic E-state index is 12.9. The van der Waals surface area contributed by atoms with Crippen molar-refractivity contribution >= 4 is 17.7 Å². The van der Waals surface area contributed by atoms with Crippen molar-refractivity contribution in [2.45, 2.75) is 65.0 Å². The van der Waals surface area contributed by atoms with Crippen LogP contribution in [0.3, 0.4) is 0 Å². The summed E-state index contributed by atoms with van der Waals surface area (Å²) in [6.07, 6.45) is 1.38. The van der Waals surface area contributed by atoms with E-state index in [1.807, 2.05) is 18.2 Å². The number of aromatic nitrogens is 2. The zero-order chi connectivity index (χ0) is 23.9. The van der Waals surface area contributed by atoms with Crippen LogP contribution in [0.4, 0.5) is 10.5 Å². The van der Waals surface area contributed by atoms with E-state index in [2.05, 4.69) is 29.1 Å². The summed E-state index contributed by atoms with van der Waals surface area (Å²) in [6.45, 7) is 12.8. The molecule has 1 aromatic carbocycles. The van der Waals surface area contributed by atoms with E-state index in [-0.39, 0.29) is 11.4 Å². The van der Waals surface area contributed by atoms with Gasteiger partial charge in [-0.25, -0.2) is 9.97 Å². The molecule has 0 radical (unpaired) electrons. The summed E-state index contributed by atoms with van der Waals surface area (Å²) in [5, 5.41) is 14.3. The van der Waals surface area contributed by atoms with Gasteiger partial charge < -0.3 is 29.6 Å². The van der Waals surface area contributed by atoms with Gasteiger partial charge in [0.15, 0.2) is 0 Å². The topological polar surface area (TPSA) is 117 Å². The third-order valence-electron chi connectivity index (χ3n) is 5.31. The molecular weight excluding hydrogens is 412 g/mol. The lowest BCUT2D eigenvalue weighted by molar-refractivity contribution is -0.276. The number of anilines is 1. The van der Waals surface area contributed by atoms with Crippen molar-refractivity contribution < 1.29 is 24.2 Å². The molecule has 0 spiro atoms. The summed E-state index contributed by atoms with van der Waals surface area (Å²) < 4.78 is 11.6. The Morgan fingerprint density at radius 1 is 1.16 bits per heavy atom. The molecule has 1 N–H and O–H groups in total. The van der Waals surface area contributed by atoms with E-state index in [4.69, 9.17) is 9.47 Å². The summed E-state index contributed by atoms with van der Waals surface area (Å²) in [5.41, 5.74) is -1.16. The van der Waals surface area contributed by atoms with E-state index >= 15 is 0 Å². The van der Waals surface area contributed by atoms with Crippen LogP contribution in [0.1, 0.15) is 54.0 Å². The van der Waals surface area contributed by atoms with Gasteiger partial charge in [-0.2, -0.15) is 0 Å². The van der Waals surface area contributed by atoms with Gasteiger partial charge in [0.25, 0.3) is 0 Å². The summed E-state index contributed by atoms with van der Waals surface area (Å²) in [5.74, 6) is 0.848. The molecule has 9 nitrogen and oxygen atoms in total. The Labute approximate surface area is 187 Å². The van der Waals surface area contributed by atoms with Gasteiger partial charge >= 0.3 is 6.01 Å². The predicted octanol–water partition coefficient (Wildman–Crippen LogP) is 3.10. The van der Waals surface area contributed by atoms with Crippen molar-refractivity contribution in [1.82, 2.24) is 14.9 Å². The maximum absolute atomic E-state index is 12.9. The first-order valence-electron chi connectivity index (χ1n) is 10.3. The number of rotatable bonds is 5. The van der Waals surface area contributed by atoms with E-state index in [1.54, 1.807) is 20.8 Å². The van der Waals surface area contributed by atoms with Crippen LogP contribution >= 0.6 is 0 Å². The highest BCUT2D eigenvalue weighted by Gasteiger charge is 2.41. The number of carboxylic acid groups (broad SMARTS) is 1. The molecule has 2 aromatic rings. The van der Waals surface area contributed by atoms with Crippen LogP contribution in [-0.2, 0) is 10.2 Å². The van der Waals surface area contributed by atoms with Crippen molar-refractivity contribution in [1.29, 1.82) is 0 Å². The molecule has 172 valence electrons. The Hall–Kier alpha value is -3.36. The lowest BCUT2D eigenvalue weighted by Crippen LogP contribution is -2.65. The molecule has 0 fully saturated rings. The van der Waals surface area contributed by atoms with Crippen LogP contribution in [0.2, 0.25) is 0 Å². The number of nitrogens with zero attached hydrogens (tertiary/aromatic N) is 3. The summed E-state index contributed by atoms with van der Waals surface area (Å²) >= 11 is 0. The third-order valence-corrected chi connectivity index (χ3v) is 5.31. The predicted molar refractivity (Wildman–Crippen MR) is 117 cm³/mol. The third kappa shape index (κ3) is 4.46. The highest BCUT2D eigenvalue weighted by molar-refractivity contribution is 5.99. The Bertz CT molecular complexity index is 1030. The van der Waals surface area contributed by atoms with Crippen molar-refractivity contribution in [3.05, 3.63) is 36.2 Å². The monoisotopic (exact) mass is 441 g/mol. The first-order chi connectivity index (χ1) is 14.7. The minimum Gasteiger partial charge on any atom is -0.530 e. The number of hydrogen-bond donors (Lipinski definition) is 1. The molecule has 2 heterocycles. The molecular formula is C23H29N4O5-. The van der Waals surface area contributed by atoms with Crippen LogP contribution in [0.5, 0.6) is 17.5 Å². The molecule has 1 aliphatic rings. The number of carbonyl (C=O) groups excluding carboxylic acids is 2. The molecule has 0 unspecified atom stereocenters. The van der Waals surface area contributed by atoms with E-state index in [0.29, 0.717) is 18.0 Å². The molecule has 0 saturated heterocycles. The minimum atomic E-state index is -1.43. The molecule has 0 aliphatic carbocycles. The quantitative estimate of drug-likeness (QED) is 0.758. The normalized spacial score (nSPS) is 14.8. The Balaban J connectivity index is 1.76. The molecule has 0 bridgehead atoms.